The third kappa shape index (κ3) is 3.37. The van der Waals surface area contributed by atoms with Gasteiger partial charge in [-0.2, -0.15) is 0 Å². The molecule has 2 saturated heterocycles. The van der Waals surface area contributed by atoms with Crippen molar-refractivity contribution in [3.63, 3.8) is 0 Å². The molecule has 0 aliphatic carbocycles. The summed E-state index contributed by atoms with van der Waals surface area (Å²) in [5, 5.41) is 17.7. The van der Waals surface area contributed by atoms with Gasteiger partial charge in [0.1, 0.15) is 0 Å². The van der Waals surface area contributed by atoms with E-state index in [4.69, 9.17) is 16.3 Å². The highest BCUT2D eigenvalue weighted by Gasteiger charge is 2.48. The minimum atomic E-state index is -1.35. The molecule has 5 rings (SSSR count). The summed E-state index contributed by atoms with van der Waals surface area (Å²) in [5.74, 6) is -0.484. The molecule has 0 unspecified atom stereocenters. The van der Waals surface area contributed by atoms with Crippen LogP contribution in [0.5, 0.6) is 5.88 Å². The molecule has 9 heteroatoms. The number of benzene rings is 2. The van der Waals surface area contributed by atoms with Crippen molar-refractivity contribution in [3.05, 3.63) is 59.2 Å². The number of rotatable bonds is 4. The van der Waals surface area contributed by atoms with Crippen LogP contribution >= 0.6 is 11.6 Å². The number of nitrogens with one attached hydrogen (secondary N) is 2. The molecule has 160 valence electrons. The highest BCUT2D eigenvalue weighted by atomic mass is 35.5. The number of hydrogen-bond acceptors (Lipinski definition) is 5. The normalized spacial score (nSPS) is 21.4. The molecule has 31 heavy (non-hydrogen) atoms. The van der Waals surface area contributed by atoms with Crippen LogP contribution in [0.15, 0.2) is 48.7 Å². The zero-order valence-corrected chi connectivity index (χ0v) is 17.4. The number of morpholine rings is 1. The highest BCUT2D eigenvalue weighted by molar-refractivity contribution is 6.31. The SMILES string of the molecule is O=C1NC(=O)[C@](Cn2cc3ccc(Cl)cc3c2O)(c2ccc(N3CCOCC3)cc2)N1. The van der Waals surface area contributed by atoms with E-state index >= 15 is 0 Å². The summed E-state index contributed by atoms with van der Waals surface area (Å²) in [5.41, 5.74) is 0.302. The van der Waals surface area contributed by atoms with Crippen LogP contribution in [0.3, 0.4) is 0 Å². The van der Waals surface area contributed by atoms with Crippen molar-refractivity contribution in [1.82, 2.24) is 15.2 Å². The summed E-state index contributed by atoms with van der Waals surface area (Å²) < 4.78 is 6.96. The predicted octanol–water partition coefficient (Wildman–Crippen LogP) is 2.57. The molecular formula is C22H21ClN4O4. The van der Waals surface area contributed by atoms with Crippen molar-refractivity contribution in [2.75, 3.05) is 31.2 Å². The number of aromatic hydroxyl groups is 1. The Morgan fingerprint density at radius 1 is 1.10 bits per heavy atom. The Bertz CT molecular complexity index is 1170. The number of carbonyl (C=O) groups excluding carboxylic acids is 2. The third-order valence-corrected chi connectivity index (χ3v) is 6.14. The molecule has 1 aromatic heterocycles. The highest BCUT2D eigenvalue weighted by Crippen LogP contribution is 2.35. The van der Waals surface area contributed by atoms with Gasteiger partial charge >= 0.3 is 6.03 Å². The molecule has 0 saturated carbocycles. The minimum Gasteiger partial charge on any atom is -0.494 e. The number of fused-ring (bicyclic) bond motifs is 1. The van der Waals surface area contributed by atoms with Gasteiger partial charge in [0, 0.05) is 40.8 Å². The van der Waals surface area contributed by atoms with Crippen molar-refractivity contribution in [2.45, 2.75) is 12.1 Å². The maximum atomic E-state index is 12.9. The number of imide groups is 1. The summed E-state index contributed by atoms with van der Waals surface area (Å²) in [4.78, 5) is 27.2. The van der Waals surface area contributed by atoms with E-state index in [2.05, 4.69) is 15.5 Å². The Labute approximate surface area is 183 Å². The second-order valence-electron chi connectivity index (χ2n) is 7.77. The number of carbonyl (C=O) groups is 2. The van der Waals surface area contributed by atoms with E-state index in [-0.39, 0.29) is 12.4 Å². The van der Waals surface area contributed by atoms with Crippen molar-refractivity contribution < 1.29 is 19.4 Å². The molecule has 0 radical (unpaired) electrons. The van der Waals surface area contributed by atoms with Crippen LogP contribution in [0.4, 0.5) is 10.5 Å². The smallest absolute Gasteiger partial charge is 0.322 e. The standard InChI is InChI=1S/C22H21ClN4O4/c23-16-4-1-14-12-27(19(28)18(14)11-16)13-22(20(29)24-21(30)25-22)15-2-5-17(6-3-15)26-7-9-31-10-8-26/h1-6,11-12,28H,7-10,13H2,(H2,24,25,29,30)/t22-/m0/s1. The van der Waals surface area contributed by atoms with Gasteiger partial charge in [-0.1, -0.05) is 29.8 Å². The fourth-order valence-electron chi connectivity index (χ4n) is 4.27. The third-order valence-electron chi connectivity index (χ3n) is 5.91. The molecule has 2 aliphatic heterocycles. The number of urea groups is 1. The van der Waals surface area contributed by atoms with Crippen molar-refractivity contribution in [3.8, 4) is 5.88 Å². The van der Waals surface area contributed by atoms with Gasteiger partial charge in [0.05, 0.1) is 19.8 Å². The number of halogens is 1. The number of anilines is 1. The molecular weight excluding hydrogens is 420 g/mol. The molecule has 8 nitrogen and oxygen atoms in total. The summed E-state index contributed by atoms with van der Waals surface area (Å²) in [6.07, 6.45) is 1.74. The Hall–Kier alpha value is -3.23. The first kappa shape index (κ1) is 19.7. The first-order valence-electron chi connectivity index (χ1n) is 10.0. The largest absolute Gasteiger partial charge is 0.494 e. The van der Waals surface area contributed by atoms with E-state index in [9.17, 15) is 14.7 Å². The molecule has 0 bridgehead atoms. The summed E-state index contributed by atoms with van der Waals surface area (Å²) >= 11 is 6.06. The van der Waals surface area contributed by atoms with Crippen LogP contribution in [0.25, 0.3) is 10.8 Å². The first-order chi connectivity index (χ1) is 15.0. The maximum Gasteiger partial charge on any atom is 0.322 e. The van der Waals surface area contributed by atoms with E-state index in [0.29, 0.717) is 29.2 Å². The average molecular weight is 441 g/mol. The fourth-order valence-corrected chi connectivity index (χ4v) is 4.44. The molecule has 2 fully saturated rings. The molecule has 3 N–H and O–H groups in total. The van der Waals surface area contributed by atoms with Gasteiger partial charge in [0.15, 0.2) is 11.4 Å². The lowest BCUT2D eigenvalue weighted by atomic mass is 9.89. The molecule has 3 amide bonds. The van der Waals surface area contributed by atoms with Crippen molar-refractivity contribution in [1.29, 1.82) is 0 Å². The fraction of sp³-hybridized carbons (Fsp3) is 0.273. The monoisotopic (exact) mass is 440 g/mol. The van der Waals surface area contributed by atoms with Crippen molar-refractivity contribution >= 4 is 40.0 Å². The van der Waals surface area contributed by atoms with E-state index in [0.717, 1.165) is 24.2 Å². The number of amides is 3. The Morgan fingerprint density at radius 3 is 2.52 bits per heavy atom. The van der Waals surface area contributed by atoms with Gasteiger partial charge in [-0.15, -0.1) is 0 Å². The van der Waals surface area contributed by atoms with Gasteiger partial charge in [0.25, 0.3) is 5.91 Å². The lowest BCUT2D eigenvalue weighted by molar-refractivity contribution is -0.124. The van der Waals surface area contributed by atoms with E-state index in [1.165, 1.54) is 0 Å². The molecule has 3 heterocycles. The van der Waals surface area contributed by atoms with E-state index < -0.39 is 17.5 Å². The van der Waals surface area contributed by atoms with Gasteiger partial charge in [0.2, 0.25) is 0 Å². The second kappa shape index (κ2) is 7.47. The lowest BCUT2D eigenvalue weighted by Gasteiger charge is -2.31. The van der Waals surface area contributed by atoms with Gasteiger partial charge in [-0.25, -0.2) is 4.79 Å². The zero-order chi connectivity index (χ0) is 21.6. The summed E-state index contributed by atoms with van der Waals surface area (Å²) in [6, 6.07) is 12.2. The lowest BCUT2D eigenvalue weighted by Crippen LogP contribution is -2.47. The van der Waals surface area contributed by atoms with E-state index in [1.807, 2.05) is 24.3 Å². The Kier molecular flexibility index (Phi) is 4.75. The van der Waals surface area contributed by atoms with Crippen LogP contribution in [0.2, 0.25) is 5.02 Å². The zero-order valence-electron chi connectivity index (χ0n) is 16.6. The molecule has 2 aliphatic rings. The van der Waals surface area contributed by atoms with Crippen LogP contribution in [-0.4, -0.2) is 47.9 Å². The minimum absolute atomic E-state index is 0.0178. The Balaban J connectivity index is 1.53. The van der Waals surface area contributed by atoms with E-state index in [1.54, 1.807) is 29.0 Å². The van der Waals surface area contributed by atoms with Gasteiger partial charge < -0.3 is 24.6 Å². The Morgan fingerprint density at radius 2 is 1.84 bits per heavy atom. The van der Waals surface area contributed by atoms with Crippen LogP contribution in [0.1, 0.15) is 5.56 Å². The van der Waals surface area contributed by atoms with Gasteiger partial charge in [-0.05, 0) is 29.8 Å². The van der Waals surface area contributed by atoms with Crippen molar-refractivity contribution in [2.24, 2.45) is 0 Å². The number of ether oxygens (including phenoxy) is 1. The predicted molar refractivity (Wildman–Crippen MR) is 116 cm³/mol. The quantitative estimate of drug-likeness (QED) is 0.542. The molecule has 0 spiro atoms. The molecule has 1 atom stereocenters. The maximum absolute atomic E-state index is 12.9. The van der Waals surface area contributed by atoms with Crippen LogP contribution < -0.4 is 15.5 Å². The topological polar surface area (TPSA) is 95.8 Å². The molecule has 2 aromatic carbocycles. The summed E-state index contributed by atoms with van der Waals surface area (Å²) in [7, 11) is 0. The number of aromatic nitrogens is 1. The number of nitrogens with zero attached hydrogens (tertiary/aromatic N) is 2. The van der Waals surface area contributed by atoms with Gasteiger partial charge in [-0.3, -0.25) is 10.1 Å². The molecule has 3 aromatic rings. The second-order valence-corrected chi connectivity index (χ2v) is 8.21. The average Bonchev–Trinajstić information content (AvgIpc) is 3.24. The number of hydrogen-bond donors (Lipinski definition) is 3. The van der Waals surface area contributed by atoms with Crippen LogP contribution in [-0.2, 0) is 21.6 Å². The summed E-state index contributed by atoms with van der Waals surface area (Å²) in [6.45, 7) is 2.98. The van der Waals surface area contributed by atoms with Crippen LogP contribution in [0, 0.1) is 0 Å². The first-order valence-corrected chi connectivity index (χ1v) is 10.4.